The molecule has 2 aliphatic carbocycles. The van der Waals surface area contributed by atoms with Crippen molar-refractivity contribution >= 4 is 35.6 Å². The lowest BCUT2D eigenvalue weighted by Gasteiger charge is -2.28. The van der Waals surface area contributed by atoms with E-state index in [0.29, 0.717) is 24.0 Å². The van der Waals surface area contributed by atoms with Gasteiger partial charge in [0, 0.05) is 38.4 Å². The first-order chi connectivity index (χ1) is 24.4. The van der Waals surface area contributed by atoms with Gasteiger partial charge in [0.25, 0.3) is 0 Å². The molecule has 0 radical (unpaired) electrons. The SMILES string of the molecule is C#C.C=C(CC)c1nc(/C=C\C)c(/C=C(\C)C/C=N\N(C)CCCCC(C)C)[nH]1.CC.CC(=N)C1=CCC=C(C2CCC(CC(=O)O)CC2)C=C1. The van der Waals surface area contributed by atoms with Crippen molar-refractivity contribution < 1.29 is 9.90 Å². The number of aromatic amines is 1. The summed E-state index contributed by atoms with van der Waals surface area (Å²) < 4.78 is 0. The van der Waals surface area contributed by atoms with E-state index in [1.165, 1.54) is 30.4 Å². The minimum absolute atomic E-state index is 0.320. The van der Waals surface area contributed by atoms with Gasteiger partial charge >= 0.3 is 5.97 Å². The van der Waals surface area contributed by atoms with Gasteiger partial charge in [-0.25, -0.2) is 4.98 Å². The van der Waals surface area contributed by atoms with E-state index in [1.807, 2.05) is 64.2 Å². The molecule has 7 nitrogen and oxygen atoms in total. The molecular formula is C44H69N5O2. The van der Waals surface area contributed by atoms with Crippen LogP contribution in [0, 0.1) is 36.0 Å². The van der Waals surface area contributed by atoms with Crippen LogP contribution < -0.4 is 0 Å². The molecule has 3 N–H and O–H groups in total. The van der Waals surface area contributed by atoms with Crippen LogP contribution in [0.15, 0.2) is 58.8 Å². The number of rotatable bonds is 16. The Morgan fingerprint density at radius 1 is 1.16 bits per heavy atom. The summed E-state index contributed by atoms with van der Waals surface area (Å²) in [6.45, 7) is 21.7. The maximum absolute atomic E-state index is 10.7. The molecule has 0 unspecified atom stereocenters. The van der Waals surface area contributed by atoms with E-state index in [-0.39, 0.29) is 0 Å². The second-order valence-electron chi connectivity index (χ2n) is 13.5. The number of aliphatic carboxylic acids is 1. The predicted molar refractivity (Wildman–Crippen MR) is 223 cm³/mol. The van der Waals surface area contributed by atoms with Crippen LogP contribution in [0.5, 0.6) is 0 Å². The highest BCUT2D eigenvalue weighted by Gasteiger charge is 2.24. The number of unbranched alkanes of at least 4 members (excludes halogenated alkanes) is 1. The maximum Gasteiger partial charge on any atom is 0.303 e. The number of allylic oxidation sites excluding steroid dienone is 9. The number of nitrogens with zero attached hydrogens (tertiary/aromatic N) is 3. The van der Waals surface area contributed by atoms with Crippen LogP contribution in [-0.2, 0) is 4.79 Å². The number of terminal acetylenes is 1. The Bertz CT molecular complexity index is 1390. The summed E-state index contributed by atoms with van der Waals surface area (Å²) in [4.78, 5) is 18.8. The minimum Gasteiger partial charge on any atom is -0.481 e. The van der Waals surface area contributed by atoms with Crippen molar-refractivity contribution in [1.29, 1.82) is 5.41 Å². The number of hydrazone groups is 1. The van der Waals surface area contributed by atoms with Gasteiger partial charge in [-0.1, -0.05) is 90.0 Å². The van der Waals surface area contributed by atoms with E-state index >= 15 is 0 Å². The molecule has 0 atom stereocenters. The van der Waals surface area contributed by atoms with Gasteiger partial charge in [0.05, 0.1) is 11.4 Å². The van der Waals surface area contributed by atoms with E-state index < -0.39 is 5.97 Å². The topological polar surface area (TPSA) is 105 Å². The highest BCUT2D eigenvalue weighted by atomic mass is 16.4. The third-order valence-corrected chi connectivity index (χ3v) is 8.80. The fraction of sp³-hybridized carbons (Fsp3) is 0.545. The number of H-pyrrole nitrogens is 1. The molecule has 1 aromatic rings. The Morgan fingerprint density at radius 3 is 2.39 bits per heavy atom. The van der Waals surface area contributed by atoms with Gasteiger partial charge in [-0.3, -0.25) is 4.79 Å². The standard InChI is InChI=1S/C23H38N4.C17H23NO2.C2H6.C2H2/c1-8-12-21-22(26-23(25-21)20(6)9-2)17-19(5)14-15-24-27(7)16-11-10-13-18(3)4;1-12(18)14-3-2-4-15(10-9-14)16-7-5-13(6-8-16)11-17(19)20;2*1-2/h8,12,15,17-18H,6,9-11,13-14,16H2,1-5,7H3,(H,25,26);3-4,9-10,13,16,18H,2,5-8,11H2,1H3,(H,19,20);1-2H3;1-2H/b12-8-,19-17+,24-15-;;;. The van der Waals surface area contributed by atoms with Crippen molar-refractivity contribution in [2.24, 2.45) is 22.9 Å². The average Bonchev–Trinajstić information content (AvgIpc) is 3.32. The van der Waals surface area contributed by atoms with Gasteiger partial charge in [0.2, 0.25) is 0 Å². The van der Waals surface area contributed by atoms with Crippen molar-refractivity contribution in [3.63, 3.8) is 0 Å². The van der Waals surface area contributed by atoms with Gasteiger partial charge < -0.3 is 20.5 Å². The van der Waals surface area contributed by atoms with E-state index in [2.05, 4.69) is 86.5 Å². The Kier molecular flexibility index (Phi) is 25.3. The number of carboxylic acid groups (broad SMARTS) is 1. The molecule has 7 heteroatoms. The number of imidazole rings is 1. The zero-order chi connectivity index (χ0) is 38.8. The van der Waals surface area contributed by atoms with E-state index in [4.69, 9.17) is 10.5 Å². The van der Waals surface area contributed by atoms with Gasteiger partial charge in [0.1, 0.15) is 5.82 Å². The lowest BCUT2D eigenvalue weighted by molar-refractivity contribution is -0.138. The van der Waals surface area contributed by atoms with Crippen molar-refractivity contribution in [3.05, 3.63) is 70.9 Å². The van der Waals surface area contributed by atoms with Crippen LogP contribution in [0.25, 0.3) is 17.7 Å². The Morgan fingerprint density at radius 2 is 1.82 bits per heavy atom. The molecule has 51 heavy (non-hydrogen) atoms. The molecule has 3 rings (SSSR count). The molecule has 0 spiro atoms. The summed E-state index contributed by atoms with van der Waals surface area (Å²) in [5, 5.41) is 23.1. The Labute approximate surface area is 311 Å². The molecule has 2 aliphatic rings. The molecule has 0 amide bonds. The second-order valence-corrected chi connectivity index (χ2v) is 13.5. The van der Waals surface area contributed by atoms with E-state index in [0.717, 1.165) is 85.8 Å². The normalized spacial score (nSPS) is 17.2. The number of hydrogen-bond donors (Lipinski definition) is 3. The summed E-state index contributed by atoms with van der Waals surface area (Å²) in [7, 11) is 2.05. The summed E-state index contributed by atoms with van der Waals surface area (Å²) in [5.74, 6) is 1.92. The fourth-order valence-electron chi connectivity index (χ4n) is 5.88. The smallest absolute Gasteiger partial charge is 0.303 e. The largest absolute Gasteiger partial charge is 0.481 e. The third kappa shape index (κ3) is 19.7. The van der Waals surface area contributed by atoms with Gasteiger partial charge in [-0.05, 0) is 112 Å². The van der Waals surface area contributed by atoms with Crippen molar-refractivity contribution in [1.82, 2.24) is 15.0 Å². The van der Waals surface area contributed by atoms with E-state index in [1.54, 1.807) is 0 Å². The highest BCUT2D eigenvalue weighted by Crippen LogP contribution is 2.36. The second kappa shape index (κ2) is 27.5. The zero-order valence-electron chi connectivity index (χ0n) is 33.4. The predicted octanol–water partition coefficient (Wildman–Crippen LogP) is 11.8. The molecule has 0 aromatic carbocycles. The maximum atomic E-state index is 10.7. The van der Waals surface area contributed by atoms with Crippen molar-refractivity contribution in [2.75, 3.05) is 13.6 Å². The van der Waals surface area contributed by atoms with Gasteiger partial charge in [0.15, 0.2) is 0 Å². The first-order valence-electron chi connectivity index (χ1n) is 18.9. The molecule has 1 fully saturated rings. The third-order valence-electron chi connectivity index (χ3n) is 8.80. The lowest BCUT2D eigenvalue weighted by atomic mass is 9.77. The quantitative estimate of drug-likeness (QED) is 0.0691. The molecule has 1 saturated carbocycles. The first kappa shape index (κ1) is 46.8. The minimum atomic E-state index is -0.669. The van der Waals surface area contributed by atoms with Crippen LogP contribution in [0.2, 0.25) is 0 Å². The molecule has 1 aromatic heterocycles. The highest BCUT2D eigenvalue weighted by molar-refractivity contribution is 5.98. The average molecular weight is 700 g/mol. The zero-order valence-corrected chi connectivity index (χ0v) is 33.4. The molecule has 282 valence electrons. The summed E-state index contributed by atoms with van der Waals surface area (Å²) in [6, 6.07) is 0. The number of hydrogen-bond acceptors (Lipinski definition) is 5. The number of carboxylic acids is 1. The first-order valence-corrected chi connectivity index (χ1v) is 18.9. The molecule has 1 heterocycles. The van der Waals surface area contributed by atoms with Crippen LogP contribution >= 0.6 is 0 Å². The monoisotopic (exact) mass is 700 g/mol. The summed E-state index contributed by atoms with van der Waals surface area (Å²) >= 11 is 0. The van der Waals surface area contributed by atoms with Crippen LogP contribution in [0.1, 0.15) is 143 Å². The molecule has 0 bridgehead atoms. The van der Waals surface area contributed by atoms with Crippen LogP contribution in [-0.4, -0.2) is 51.6 Å². The van der Waals surface area contributed by atoms with Gasteiger partial charge in [-0.15, -0.1) is 12.8 Å². The molecule has 0 saturated heterocycles. The molecular weight excluding hydrogens is 631 g/mol. The van der Waals surface area contributed by atoms with Crippen molar-refractivity contribution in [2.45, 2.75) is 126 Å². The Balaban J connectivity index is 0.000000922. The summed E-state index contributed by atoms with van der Waals surface area (Å²) in [6.07, 6.45) is 35.7. The number of carbonyl (C=O) groups is 1. The fourth-order valence-corrected chi connectivity index (χ4v) is 5.88. The van der Waals surface area contributed by atoms with Gasteiger partial charge in [-0.2, -0.15) is 5.10 Å². The number of nitrogens with one attached hydrogen (secondary N) is 2. The molecule has 0 aliphatic heterocycles. The lowest BCUT2D eigenvalue weighted by Crippen LogP contribution is -2.18. The van der Waals surface area contributed by atoms with Crippen LogP contribution in [0.4, 0.5) is 0 Å². The Hall–Kier alpha value is -4.18. The van der Waals surface area contributed by atoms with E-state index in [9.17, 15) is 4.79 Å². The van der Waals surface area contributed by atoms with Crippen LogP contribution in [0.3, 0.4) is 0 Å². The van der Waals surface area contributed by atoms with Crippen molar-refractivity contribution in [3.8, 4) is 12.8 Å². The summed E-state index contributed by atoms with van der Waals surface area (Å²) in [5.41, 5.74) is 7.25. The number of aromatic nitrogens is 2.